The van der Waals surface area contributed by atoms with E-state index in [1.807, 2.05) is 0 Å². The third-order valence-corrected chi connectivity index (χ3v) is 4.98. The van der Waals surface area contributed by atoms with Gasteiger partial charge in [-0.1, -0.05) is 28.9 Å². The molecule has 1 aromatic carbocycles. The summed E-state index contributed by atoms with van der Waals surface area (Å²) in [6.07, 6.45) is 1.46. The summed E-state index contributed by atoms with van der Waals surface area (Å²) >= 11 is 5.80. The molecule has 2 aromatic heterocycles. The third-order valence-electron chi connectivity index (χ3n) is 3.22. The van der Waals surface area contributed by atoms with Crippen molar-refractivity contribution in [1.29, 1.82) is 0 Å². The molecule has 0 unspecified atom stereocenters. The van der Waals surface area contributed by atoms with Gasteiger partial charge in [-0.15, -0.1) is 0 Å². The van der Waals surface area contributed by atoms with Crippen molar-refractivity contribution >= 4 is 21.6 Å². The van der Waals surface area contributed by atoms with Gasteiger partial charge in [-0.25, -0.2) is 13.1 Å². The molecule has 0 saturated heterocycles. The molecule has 120 valence electrons. The van der Waals surface area contributed by atoms with Gasteiger partial charge in [0.05, 0.1) is 6.20 Å². The second kappa shape index (κ2) is 6.19. The van der Waals surface area contributed by atoms with Crippen LogP contribution < -0.4 is 4.72 Å². The molecule has 0 aliphatic rings. The number of benzene rings is 1. The van der Waals surface area contributed by atoms with Crippen molar-refractivity contribution < 1.29 is 17.4 Å². The number of sulfonamides is 1. The Labute approximate surface area is 138 Å². The molecule has 0 bridgehead atoms. The van der Waals surface area contributed by atoms with E-state index in [0.717, 1.165) is 5.56 Å². The van der Waals surface area contributed by atoms with Gasteiger partial charge in [0.1, 0.15) is 10.7 Å². The number of hydrogen-bond donors (Lipinski definition) is 1. The van der Waals surface area contributed by atoms with Gasteiger partial charge in [0, 0.05) is 23.7 Å². The van der Waals surface area contributed by atoms with E-state index in [9.17, 15) is 8.42 Å². The Morgan fingerprint density at radius 3 is 2.57 bits per heavy atom. The van der Waals surface area contributed by atoms with E-state index in [1.165, 1.54) is 12.3 Å². The molecule has 3 aromatic rings. The Morgan fingerprint density at radius 2 is 1.91 bits per heavy atom. The molecule has 1 N–H and O–H groups in total. The fraction of sp³-hybridized carbons (Fsp3) is 0.133. The maximum Gasteiger partial charge on any atom is 0.244 e. The number of hydrogen-bond acceptors (Lipinski definition) is 5. The zero-order valence-electron chi connectivity index (χ0n) is 12.1. The predicted molar refractivity (Wildman–Crippen MR) is 84.4 cm³/mol. The number of nitrogens with zero attached hydrogens (tertiary/aromatic N) is 1. The molecule has 0 aliphatic heterocycles. The standard InChI is InChI=1S/C15H13ClN2O4S/c1-10-15(8-14(21-10)13-6-7-17-22-13)23(19,20)18-9-11-2-4-12(16)5-3-11/h2-8,18H,9H2,1H3. The molecule has 23 heavy (non-hydrogen) atoms. The van der Waals surface area contributed by atoms with Crippen molar-refractivity contribution in [3.05, 3.63) is 58.9 Å². The van der Waals surface area contributed by atoms with Crippen molar-refractivity contribution in [2.75, 3.05) is 0 Å². The summed E-state index contributed by atoms with van der Waals surface area (Å²) in [4.78, 5) is 0.0675. The van der Waals surface area contributed by atoms with Gasteiger partial charge in [0.2, 0.25) is 15.8 Å². The van der Waals surface area contributed by atoms with Crippen LogP contribution in [0.2, 0.25) is 5.02 Å². The highest BCUT2D eigenvalue weighted by Gasteiger charge is 2.22. The SMILES string of the molecule is Cc1oc(-c2ccno2)cc1S(=O)(=O)NCc1ccc(Cl)cc1. The summed E-state index contributed by atoms with van der Waals surface area (Å²) in [6.45, 7) is 1.73. The van der Waals surface area contributed by atoms with Gasteiger partial charge < -0.3 is 8.94 Å². The zero-order chi connectivity index (χ0) is 16.4. The topological polar surface area (TPSA) is 85.3 Å². The first-order chi connectivity index (χ1) is 11.0. The van der Waals surface area contributed by atoms with Crippen LogP contribution in [0.1, 0.15) is 11.3 Å². The van der Waals surface area contributed by atoms with Crippen molar-refractivity contribution in [2.24, 2.45) is 0 Å². The van der Waals surface area contributed by atoms with Gasteiger partial charge in [0.25, 0.3) is 0 Å². The largest absolute Gasteiger partial charge is 0.457 e. The summed E-state index contributed by atoms with van der Waals surface area (Å²) in [7, 11) is -3.71. The van der Waals surface area contributed by atoms with Crippen molar-refractivity contribution in [3.63, 3.8) is 0 Å². The molecule has 0 amide bonds. The lowest BCUT2D eigenvalue weighted by Crippen LogP contribution is -2.23. The number of aryl methyl sites for hydroxylation is 1. The molecule has 0 saturated carbocycles. The smallest absolute Gasteiger partial charge is 0.244 e. The highest BCUT2D eigenvalue weighted by atomic mass is 35.5. The lowest BCUT2D eigenvalue weighted by molar-refractivity contribution is 0.414. The van der Waals surface area contributed by atoms with Crippen molar-refractivity contribution in [2.45, 2.75) is 18.4 Å². The van der Waals surface area contributed by atoms with Crippen LogP contribution in [0.15, 0.2) is 56.4 Å². The molecular weight excluding hydrogens is 340 g/mol. The lowest BCUT2D eigenvalue weighted by Gasteiger charge is -2.05. The summed E-state index contributed by atoms with van der Waals surface area (Å²) in [5, 5.41) is 4.17. The number of furan rings is 1. The minimum absolute atomic E-state index is 0.0675. The Hall–Kier alpha value is -2.09. The minimum Gasteiger partial charge on any atom is -0.457 e. The van der Waals surface area contributed by atoms with Gasteiger partial charge in [-0.3, -0.25) is 0 Å². The van der Waals surface area contributed by atoms with Crippen LogP contribution in [0.25, 0.3) is 11.5 Å². The average molecular weight is 353 g/mol. The van der Waals surface area contributed by atoms with Crippen LogP contribution in [0.5, 0.6) is 0 Å². The van der Waals surface area contributed by atoms with E-state index in [0.29, 0.717) is 16.5 Å². The van der Waals surface area contributed by atoms with Gasteiger partial charge in [-0.05, 0) is 24.6 Å². The van der Waals surface area contributed by atoms with Crippen LogP contribution in [0, 0.1) is 6.92 Å². The van der Waals surface area contributed by atoms with Crippen molar-refractivity contribution in [3.8, 4) is 11.5 Å². The van der Waals surface area contributed by atoms with Crippen LogP contribution in [-0.4, -0.2) is 13.6 Å². The summed E-state index contributed by atoms with van der Waals surface area (Å²) < 4.78 is 37.8. The van der Waals surface area contributed by atoms with E-state index in [2.05, 4.69) is 9.88 Å². The van der Waals surface area contributed by atoms with Crippen LogP contribution >= 0.6 is 11.6 Å². The number of rotatable bonds is 5. The maximum atomic E-state index is 12.4. The Bertz CT molecular complexity index is 900. The number of halogens is 1. The van der Waals surface area contributed by atoms with E-state index < -0.39 is 10.0 Å². The molecule has 0 fully saturated rings. The molecule has 3 rings (SSSR count). The number of nitrogens with one attached hydrogen (secondary N) is 1. The van der Waals surface area contributed by atoms with E-state index >= 15 is 0 Å². The number of aromatic nitrogens is 1. The molecule has 8 heteroatoms. The normalized spacial score (nSPS) is 11.7. The molecule has 0 atom stereocenters. The minimum atomic E-state index is -3.71. The molecule has 0 radical (unpaired) electrons. The Kier molecular flexibility index (Phi) is 4.25. The monoisotopic (exact) mass is 352 g/mol. The van der Waals surface area contributed by atoms with Gasteiger partial charge in [-0.2, -0.15) is 0 Å². The maximum absolute atomic E-state index is 12.4. The fourth-order valence-corrected chi connectivity index (χ4v) is 3.38. The van der Waals surface area contributed by atoms with Crippen LogP contribution in [0.4, 0.5) is 0 Å². The molecule has 0 aliphatic carbocycles. The zero-order valence-corrected chi connectivity index (χ0v) is 13.7. The van der Waals surface area contributed by atoms with E-state index in [-0.39, 0.29) is 17.2 Å². The van der Waals surface area contributed by atoms with Crippen LogP contribution in [0.3, 0.4) is 0 Å². The predicted octanol–water partition coefficient (Wildman–Crippen LogP) is 3.37. The van der Waals surface area contributed by atoms with E-state index in [4.69, 9.17) is 20.5 Å². The van der Waals surface area contributed by atoms with E-state index in [1.54, 1.807) is 37.3 Å². The highest BCUT2D eigenvalue weighted by Crippen LogP contribution is 2.27. The van der Waals surface area contributed by atoms with Gasteiger partial charge >= 0.3 is 0 Å². The first-order valence-corrected chi connectivity index (χ1v) is 8.57. The molecule has 2 heterocycles. The fourth-order valence-electron chi connectivity index (χ4n) is 2.05. The second-order valence-electron chi connectivity index (χ2n) is 4.86. The van der Waals surface area contributed by atoms with Crippen LogP contribution in [-0.2, 0) is 16.6 Å². The Balaban J connectivity index is 1.81. The molecular formula is C15H13ClN2O4S. The summed E-state index contributed by atoms with van der Waals surface area (Å²) in [5.74, 6) is 0.958. The van der Waals surface area contributed by atoms with Crippen molar-refractivity contribution in [1.82, 2.24) is 9.88 Å². The van der Waals surface area contributed by atoms with Gasteiger partial charge in [0.15, 0.2) is 5.76 Å². The lowest BCUT2D eigenvalue weighted by atomic mass is 10.2. The average Bonchev–Trinajstić information content (AvgIpc) is 3.16. The Morgan fingerprint density at radius 1 is 1.17 bits per heavy atom. The molecule has 6 nitrogen and oxygen atoms in total. The first kappa shape index (κ1) is 15.8. The molecule has 0 spiro atoms. The summed E-state index contributed by atoms with van der Waals surface area (Å²) in [5.41, 5.74) is 0.801. The quantitative estimate of drug-likeness (QED) is 0.760. The summed E-state index contributed by atoms with van der Waals surface area (Å²) in [6, 6.07) is 9.93. The highest BCUT2D eigenvalue weighted by molar-refractivity contribution is 7.89. The third kappa shape index (κ3) is 3.47. The first-order valence-electron chi connectivity index (χ1n) is 6.71. The second-order valence-corrected chi connectivity index (χ2v) is 7.03.